The lowest BCUT2D eigenvalue weighted by atomic mass is 9.90. The summed E-state index contributed by atoms with van der Waals surface area (Å²) in [5.41, 5.74) is 2.76. The minimum absolute atomic E-state index is 0.0654. The molecule has 2 amide bonds. The molecule has 1 fully saturated rings. The number of carbonyl (C=O) groups excluding carboxylic acids is 3. The van der Waals surface area contributed by atoms with Gasteiger partial charge in [-0.15, -0.1) is 0 Å². The Morgan fingerprint density at radius 3 is 2.33 bits per heavy atom. The van der Waals surface area contributed by atoms with Gasteiger partial charge in [-0.1, -0.05) is 12.1 Å². The first kappa shape index (κ1) is 22.7. The zero-order valence-electron chi connectivity index (χ0n) is 19.2. The number of nitrogens with zero attached hydrogens (tertiary/aromatic N) is 3. The Kier molecular flexibility index (Phi) is 6.31. The normalized spacial score (nSPS) is 14.5. The van der Waals surface area contributed by atoms with Gasteiger partial charge in [-0.25, -0.2) is 4.39 Å². The number of fused-ring (bicyclic) bond motifs is 1. The Bertz CT molecular complexity index is 1210. The van der Waals surface area contributed by atoms with Crippen LogP contribution in [0.3, 0.4) is 0 Å². The van der Waals surface area contributed by atoms with E-state index in [-0.39, 0.29) is 17.3 Å². The summed E-state index contributed by atoms with van der Waals surface area (Å²) in [5, 5.41) is 0.674. The average molecular weight is 450 g/mol. The summed E-state index contributed by atoms with van der Waals surface area (Å²) in [6.07, 6.45) is 4.44. The number of halogens is 1. The summed E-state index contributed by atoms with van der Waals surface area (Å²) < 4.78 is 15.0. The van der Waals surface area contributed by atoms with Gasteiger partial charge in [0.05, 0.1) is 5.56 Å². The van der Waals surface area contributed by atoms with Crippen LogP contribution in [0.2, 0.25) is 0 Å². The van der Waals surface area contributed by atoms with E-state index in [1.807, 2.05) is 28.6 Å². The van der Waals surface area contributed by atoms with Crippen LogP contribution in [0.5, 0.6) is 0 Å². The summed E-state index contributed by atoms with van der Waals surface area (Å²) in [6.45, 7) is 1.30. The molecule has 0 bridgehead atoms. The van der Waals surface area contributed by atoms with E-state index in [2.05, 4.69) is 0 Å². The maximum absolute atomic E-state index is 13.4. The van der Waals surface area contributed by atoms with Gasteiger partial charge in [0.15, 0.2) is 0 Å². The highest BCUT2D eigenvalue weighted by Crippen LogP contribution is 2.27. The van der Waals surface area contributed by atoms with E-state index in [1.165, 1.54) is 31.1 Å². The van der Waals surface area contributed by atoms with Crippen molar-refractivity contribution >= 4 is 28.5 Å². The number of piperidine rings is 1. The van der Waals surface area contributed by atoms with Crippen LogP contribution < -0.4 is 0 Å². The minimum Gasteiger partial charge on any atom is -0.350 e. The van der Waals surface area contributed by atoms with Crippen molar-refractivity contribution in [1.82, 2.24) is 14.4 Å². The summed E-state index contributed by atoms with van der Waals surface area (Å²) >= 11 is 0. The van der Waals surface area contributed by atoms with Crippen LogP contribution in [0, 0.1) is 11.7 Å². The lowest BCUT2D eigenvalue weighted by Crippen LogP contribution is -2.38. The largest absolute Gasteiger partial charge is 0.350 e. The predicted molar refractivity (Wildman–Crippen MR) is 125 cm³/mol. The Labute approximate surface area is 192 Å². The third-order valence-corrected chi connectivity index (χ3v) is 6.42. The number of likely N-dealkylation sites (N-methyl/N-ethyl adjacent to an activating group) is 1. The molecule has 0 atom stereocenters. The van der Waals surface area contributed by atoms with E-state index in [9.17, 15) is 18.8 Å². The monoisotopic (exact) mass is 449 g/mol. The molecule has 4 rings (SSSR count). The molecule has 0 saturated carbocycles. The van der Waals surface area contributed by atoms with Crippen molar-refractivity contribution in [1.29, 1.82) is 0 Å². The second kappa shape index (κ2) is 9.17. The molecular formula is C26H28FN3O3. The van der Waals surface area contributed by atoms with Gasteiger partial charge in [-0.2, -0.15) is 0 Å². The Morgan fingerprint density at radius 1 is 1.03 bits per heavy atom. The van der Waals surface area contributed by atoms with Gasteiger partial charge >= 0.3 is 0 Å². The molecule has 172 valence electrons. The van der Waals surface area contributed by atoms with E-state index in [1.54, 1.807) is 24.4 Å². The van der Waals surface area contributed by atoms with E-state index in [0.29, 0.717) is 30.0 Å². The van der Waals surface area contributed by atoms with Crippen molar-refractivity contribution in [3.8, 4) is 0 Å². The maximum Gasteiger partial charge on any atom is 0.294 e. The zero-order valence-corrected chi connectivity index (χ0v) is 19.2. The van der Waals surface area contributed by atoms with Crippen LogP contribution in [0.1, 0.15) is 39.1 Å². The molecule has 1 aliphatic rings. The maximum atomic E-state index is 13.4. The van der Waals surface area contributed by atoms with Gasteiger partial charge in [0, 0.05) is 56.9 Å². The van der Waals surface area contributed by atoms with Crippen molar-refractivity contribution < 1.29 is 18.8 Å². The molecule has 0 radical (unpaired) electrons. The highest BCUT2D eigenvalue weighted by molar-refractivity contribution is 6.43. The van der Waals surface area contributed by atoms with Crippen LogP contribution in [-0.2, 0) is 18.3 Å². The first-order chi connectivity index (χ1) is 15.7. The predicted octanol–water partition coefficient (Wildman–Crippen LogP) is 3.68. The van der Waals surface area contributed by atoms with Crippen molar-refractivity contribution in [2.75, 3.05) is 27.2 Å². The molecule has 0 N–H and O–H groups in total. The van der Waals surface area contributed by atoms with Crippen molar-refractivity contribution in [2.24, 2.45) is 13.0 Å². The van der Waals surface area contributed by atoms with Gasteiger partial charge < -0.3 is 14.4 Å². The molecule has 2 aromatic carbocycles. The number of ketones is 1. The highest BCUT2D eigenvalue weighted by Gasteiger charge is 2.27. The second-order valence-corrected chi connectivity index (χ2v) is 8.98. The average Bonchev–Trinajstić information content (AvgIpc) is 3.15. The van der Waals surface area contributed by atoms with Crippen LogP contribution in [-0.4, -0.2) is 59.1 Å². The van der Waals surface area contributed by atoms with Gasteiger partial charge in [-0.3, -0.25) is 14.4 Å². The number of hydrogen-bond acceptors (Lipinski definition) is 3. The summed E-state index contributed by atoms with van der Waals surface area (Å²) in [6, 6.07) is 11.7. The first-order valence-corrected chi connectivity index (χ1v) is 11.1. The fraction of sp³-hybridized carbons (Fsp3) is 0.346. The van der Waals surface area contributed by atoms with E-state index < -0.39 is 11.7 Å². The summed E-state index contributed by atoms with van der Waals surface area (Å²) in [7, 11) is 4.94. The van der Waals surface area contributed by atoms with Crippen LogP contribution in [0.15, 0.2) is 48.7 Å². The van der Waals surface area contributed by atoms with Gasteiger partial charge in [0.1, 0.15) is 5.82 Å². The number of likely N-dealkylation sites (tertiary alicyclic amines) is 1. The molecule has 0 unspecified atom stereocenters. The fourth-order valence-electron chi connectivity index (χ4n) is 4.49. The molecule has 7 heteroatoms. The number of benzene rings is 2. The Balaban J connectivity index is 1.50. The van der Waals surface area contributed by atoms with Crippen molar-refractivity contribution in [3.05, 3.63) is 71.2 Å². The van der Waals surface area contributed by atoms with Crippen molar-refractivity contribution in [2.45, 2.75) is 19.3 Å². The molecule has 6 nitrogen and oxygen atoms in total. The van der Waals surface area contributed by atoms with Gasteiger partial charge in [0.2, 0.25) is 5.78 Å². The molecule has 33 heavy (non-hydrogen) atoms. The fourth-order valence-corrected chi connectivity index (χ4v) is 4.49. The van der Waals surface area contributed by atoms with E-state index in [4.69, 9.17) is 0 Å². The highest BCUT2D eigenvalue weighted by atomic mass is 19.1. The van der Waals surface area contributed by atoms with Crippen molar-refractivity contribution in [3.63, 3.8) is 0 Å². The minimum atomic E-state index is -0.596. The molecule has 2 heterocycles. The lowest BCUT2D eigenvalue weighted by Gasteiger charge is -2.32. The van der Waals surface area contributed by atoms with Gasteiger partial charge in [0.25, 0.3) is 11.8 Å². The van der Waals surface area contributed by atoms with Crippen LogP contribution in [0.25, 0.3) is 10.9 Å². The standard InChI is InChI=1S/C26H28FN3O3/c1-28(2)26(33)24(31)19-6-9-23-21(15-19)22(16-29(23)3)25(32)30-12-10-18(11-13-30)14-17-4-7-20(27)8-5-17/h4-9,15-16,18H,10-14H2,1-3H3. The number of carbonyl (C=O) groups is 3. The third kappa shape index (κ3) is 4.67. The number of aryl methyl sites for hydroxylation is 1. The number of amides is 2. The quantitative estimate of drug-likeness (QED) is 0.441. The lowest BCUT2D eigenvalue weighted by molar-refractivity contribution is -0.124. The van der Waals surface area contributed by atoms with Crippen LogP contribution in [0.4, 0.5) is 4.39 Å². The number of hydrogen-bond donors (Lipinski definition) is 0. The number of aromatic nitrogens is 1. The molecule has 0 aliphatic carbocycles. The molecule has 1 saturated heterocycles. The Morgan fingerprint density at radius 2 is 1.70 bits per heavy atom. The van der Waals surface area contributed by atoms with Crippen LogP contribution >= 0.6 is 0 Å². The van der Waals surface area contributed by atoms with E-state index >= 15 is 0 Å². The molecular weight excluding hydrogens is 421 g/mol. The van der Waals surface area contributed by atoms with E-state index in [0.717, 1.165) is 30.3 Å². The topological polar surface area (TPSA) is 62.6 Å². The zero-order chi connectivity index (χ0) is 23.7. The Hall–Kier alpha value is -3.48. The number of rotatable bonds is 5. The smallest absolute Gasteiger partial charge is 0.294 e. The third-order valence-electron chi connectivity index (χ3n) is 6.42. The molecule has 0 spiro atoms. The molecule has 3 aromatic rings. The number of Topliss-reactive ketones (excluding diaryl/α,β-unsaturated/α-hetero) is 1. The summed E-state index contributed by atoms with van der Waals surface area (Å²) in [5.74, 6) is -1.03. The summed E-state index contributed by atoms with van der Waals surface area (Å²) in [4.78, 5) is 41.1. The first-order valence-electron chi connectivity index (χ1n) is 11.1. The second-order valence-electron chi connectivity index (χ2n) is 8.98. The molecule has 1 aromatic heterocycles. The van der Waals surface area contributed by atoms with Gasteiger partial charge in [-0.05, 0) is 61.1 Å². The SMILES string of the molecule is CN(C)C(=O)C(=O)c1ccc2c(c1)c(C(=O)N1CCC(Cc3ccc(F)cc3)CC1)cn2C. The molecule has 1 aliphatic heterocycles.